The molecule has 19 heavy (non-hydrogen) atoms. The third-order valence-electron chi connectivity index (χ3n) is 3.66. The Balaban J connectivity index is 2.55. The highest BCUT2D eigenvalue weighted by Gasteiger charge is 2.49. The van der Waals surface area contributed by atoms with Gasteiger partial charge in [0.25, 0.3) is 0 Å². The Hall–Kier alpha value is -1.91. The van der Waals surface area contributed by atoms with Gasteiger partial charge in [-0.1, -0.05) is 19.1 Å². The van der Waals surface area contributed by atoms with Gasteiger partial charge in [-0.05, 0) is 37.0 Å². The maximum absolute atomic E-state index is 13.4. The summed E-state index contributed by atoms with van der Waals surface area (Å²) in [5, 5.41) is 9.62. The lowest BCUT2D eigenvalue weighted by Crippen LogP contribution is -2.52. The molecule has 0 bridgehead atoms. The first-order valence-electron chi connectivity index (χ1n) is 6.29. The zero-order valence-corrected chi connectivity index (χ0v) is 10.7. The van der Waals surface area contributed by atoms with Crippen LogP contribution < -0.4 is 0 Å². The van der Waals surface area contributed by atoms with E-state index in [9.17, 15) is 19.1 Å². The summed E-state index contributed by atoms with van der Waals surface area (Å²) in [6, 6.07) is 5.41. The number of aliphatic carboxylic acids is 1. The first-order valence-corrected chi connectivity index (χ1v) is 6.29. The van der Waals surface area contributed by atoms with Crippen molar-refractivity contribution in [2.75, 3.05) is 0 Å². The average Bonchev–Trinajstić information content (AvgIpc) is 3.19. The summed E-state index contributed by atoms with van der Waals surface area (Å²) >= 11 is 0. The van der Waals surface area contributed by atoms with E-state index in [4.69, 9.17) is 0 Å². The number of halogens is 1. The molecular formula is C14H16FNO3. The molecule has 0 radical (unpaired) electrons. The van der Waals surface area contributed by atoms with Gasteiger partial charge in [0.15, 0.2) is 5.54 Å². The number of benzene rings is 1. The van der Waals surface area contributed by atoms with Crippen molar-refractivity contribution >= 4 is 12.4 Å². The second-order valence-electron chi connectivity index (χ2n) is 4.77. The van der Waals surface area contributed by atoms with Crippen LogP contribution in [0.25, 0.3) is 0 Å². The number of nitrogens with zero attached hydrogens (tertiary/aromatic N) is 1. The average molecular weight is 265 g/mol. The van der Waals surface area contributed by atoms with Crippen molar-refractivity contribution in [3.63, 3.8) is 0 Å². The molecule has 0 spiro atoms. The summed E-state index contributed by atoms with van der Waals surface area (Å²) in [5.74, 6) is -1.63. The molecule has 102 valence electrons. The van der Waals surface area contributed by atoms with Crippen LogP contribution >= 0.6 is 0 Å². The lowest BCUT2D eigenvalue weighted by atomic mass is 9.85. The molecule has 0 heterocycles. The Bertz CT molecular complexity index is 501. The van der Waals surface area contributed by atoms with E-state index in [0.29, 0.717) is 12.0 Å². The predicted octanol–water partition coefficient (Wildman–Crippen LogP) is 2.14. The summed E-state index contributed by atoms with van der Waals surface area (Å²) in [4.78, 5) is 24.4. The van der Waals surface area contributed by atoms with Gasteiger partial charge < -0.3 is 10.0 Å². The minimum atomic E-state index is -1.48. The molecule has 2 rings (SSSR count). The number of rotatable bonds is 6. The molecule has 0 aliphatic heterocycles. The molecular weight excluding hydrogens is 249 g/mol. The van der Waals surface area contributed by atoms with E-state index < -0.39 is 17.3 Å². The van der Waals surface area contributed by atoms with Crippen molar-refractivity contribution in [3.8, 4) is 0 Å². The zero-order valence-electron chi connectivity index (χ0n) is 10.7. The van der Waals surface area contributed by atoms with Crippen LogP contribution in [0.1, 0.15) is 31.7 Å². The number of carbonyl (C=O) groups is 2. The monoisotopic (exact) mass is 265 g/mol. The van der Waals surface area contributed by atoms with Crippen molar-refractivity contribution in [1.29, 1.82) is 0 Å². The highest BCUT2D eigenvalue weighted by molar-refractivity contribution is 5.83. The van der Waals surface area contributed by atoms with Gasteiger partial charge in [-0.2, -0.15) is 0 Å². The van der Waals surface area contributed by atoms with Crippen molar-refractivity contribution in [1.82, 2.24) is 4.90 Å². The topological polar surface area (TPSA) is 57.6 Å². The first kappa shape index (κ1) is 13.5. The summed E-state index contributed by atoms with van der Waals surface area (Å²) in [7, 11) is 0. The third-order valence-corrected chi connectivity index (χ3v) is 3.66. The lowest BCUT2D eigenvalue weighted by Gasteiger charge is -2.38. The highest BCUT2D eigenvalue weighted by Crippen LogP contribution is 2.40. The van der Waals surface area contributed by atoms with Crippen LogP contribution in [0.15, 0.2) is 24.3 Å². The van der Waals surface area contributed by atoms with Crippen LogP contribution in [-0.2, 0) is 15.1 Å². The number of hydrogen-bond acceptors (Lipinski definition) is 2. The minimum Gasteiger partial charge on any atom is -0.479 e. The molecule has 1 atom stereocenters. The maximum atomic E-state index is 13.4. The molecule has 1 N–H and O–H groups in total. The third kappa shape index (κ3) is 2.20. The quantitative estimate of drug-likeness (QED) is 0.802. The molecule has 1 aromatic carbocycles. The Labute approximate surface area is 110 Å². The fraction of sp³-hybridized carbons (Fsp3) is 0.429. The fourth-order valence-corrected chi connectivity index (χ4v) is 2.51. The van der Waals surface area contributed by atoms with E-state index in [-0.39, 0.29) is 12.5 Å². The Morgan fingerprint density at radius 1 is 1.58 bits per heavy atom. The van der Waals surface area contributed by atoms with E-state index in [2.05, 4.69) is 0 Å². The molecule has 4 nitrogen and oxygen atoms in total. The van der Waals surface area contributed by atoms with Gasteiger partial charge in [0.2, 0.25) is 6.41 Å². The molecule has 1 aliphatic carbocycles. The number of carboxylic acid groups (broad SMARTS) is 1. The largest absolute Gasteiger partial charge is 0.479 e. The molecule has 1 amide bonds. The number of carbonyl (C=O) groups excluding carboxylic acids is 1. The summed E-state index contributed by atoms with van der Waals surface area (Å²) in [5.41, 5.74) is -1.17. The Kier molecular flexibility index (Phi) is 3.55. The smallest absolute Gasteiger partial charge is 0.334 e. The second-order valence-corrected chi connectivity index (χ2v) is 4.77. The van der Waals surface area contributed by atoms with Gasteiger partial charge in [0.1, 0.15) is 5.82 Å². The normalized spacial score (nSPS) is 17.6. The molecule has 0 saturated heterocycles. The van der Waals surface area contributed by atoms with Crippen LogP contribution in [0, 0.1) is 5.82 Å². The van der Waals surface area contributed by atoms with Gasteiger partial charge in [-0.25, -0.2) is 9.18 Å². The standard InChI is InChI=1S/C14H16FNO3/c1-2-14(13(18)19,16(9-17)12-6-7-12)10-4-3-5-11(15)8-10/h3-5,8-9,12H,2,6-7H2,1H3,(H,18,19). The molecule has 1 unspecified atom stereocenters. The van der Waals surface area contributed by atoms with E-state index in [1.54, 1.807) is 13.0 Å². The Morgan fingerprint density at radius 3 is 2.68 bits per heavy atom. The zero-order chi connectivity index (χ0) is 14.0. The van der Waals surface area contributed by atoms with Crippen molar-refractivity contribution in [2.45, 2.75) is 37.8 Å². The van der Waals surface area contributed by atoms with E-state index in [0.717, 1.165) is 12.8 Å². The molecule has 0 aromatic heterocycles. The van der Waals surface area contributed by atoms with E-state index in [1.165, 1.54) is 23.1 Å². The molecule has 1 saturated carbocycles. The van der Waals surface area contributed by atoms with Crippen LogP contribution in [-0.4, -0.2) is 28.4 Å². The lowest BCUT2D eigenvalue weighted by molar-refractivity contribution is -0.157. The molecule has 5 heteroatoms. The molecule has 1 aliphatic rings. The van der Waals surface area contributed by atoms with Crippen LogP contribution in [0.2, 0.25) is 0 Å². The fourth-order valence-electron chi connectivity index (χ4n) is 2.51. The maximum Gasteiger partial charge on any atom is 0.334 e. The summed E-state index contributed by atoms with van der Waals surface area (Å²) in [6.07, 6.45) is 2.35. The van der Waals surface area contributed by atoms with Gasteiger partial charge in [-0.3, -0.25) is 4.79 Å². The van der Waals surface area contributed by atoms with Crippen LogP contribution in [0.5, 0.6) is 0 Å². The summed E-state index contributed by atoms with van der Waals surface area (Å²) in [6.45, 7) is 1.69. The van der Waals surface area contributed by atoms with Crippen LogP contribution in [0.4, 0.5) is 4.39 Å². The SMILES string of the molecule is CCC(C(=O)O)(c1cccc(F)c1)N(C=O)C1CC1. The predicted molar refractivity (Wildman–Crippen MR) is 66.9 cm³/mol. The van der Waals surface area contributed by atoms with Gasteiger partial charge in [-0.15, -0.1) is 0 Å². The number of carboxylic acids is 1. The van der Waals surface area contributed by atoms with Gasteiger partial charge >= 0.3 is 5.97 Å². The molecule has 1 fully saturated rings. The van der Waals surface area contributed by atoms with Crippen molar-refractivity contribution < 1.29 is 19.1 Å². The summed E-state index contributed by atoms with van der Waals surface area (Å²) < 4.78 is 13.4. The van der Waals surface area contributed by atoms with Crippen LogP contribution in [0.3, 0.4) is 0 Å². The second kappa shape index (κ2) is 4.99. The van der Waals surface area contributed by atoms with E-state index in [1.807, 2.05) is 0 Å². The number of hydrogen-bond donors (Lipinski definition) is 1. The van der Waals surface area contributed by atoms with E-state index >= 15 is 0 Å². The molecule has 1 aromatic rings. The highest BCUT2D eigenvalue weighted by atomic mass is 19.1. The van der Waals surface area contributed by atoms with Gasteiger partial charge in [0, 0.05) is 6.04 Å². The minimum absolute atomic E-state index is 0.0585. The van der Waals surface area contributed by atoms with Crippen molar-refractivity contribution in [3.05, 3.63) is 35.6 Å². The first-order chi connectivity index (χ1) is 9.06. The van der Waals surface area contributed by atoms with Gasteiger partial charge in [0.05, 0.1) is 0 Å². The van der Waals surface area contributed by atoms with Crippen molar-refractivity contribution in [2.24, 2.45) is 0 Å². The Morgan fingerprint density at radius 2 is 2.26 bits per heavy atom. The number of amides is 1.